The summed E-state index contributed by atoms with van der Waals surface area (Å²) in [7, 11) is 0. The molecule has 0 fully saturated rings. The number of benzene rings is 2. The number of nitrogens with one attached hydrogen (secondary N) is 1. The minimum Gasteiger partial charge on any atom is -0.457 e. The van der Waals surface area contributed by atoms with Crippen molar-refractivity contribution in [2.75, 3.05) is 6.54 Å². The molecule has 0 saturated heterocycles. The standard InChI is InChI=1S/C24H20FN3O3/c1-14-18(5-6-19-20(14)13-31-24(19)30)23(29)12-27-10-15-2-7-22(28-11-15)16-3-4-17(9-26)21(25)8-16/h2-8,11,23,27,29H,10,12-13H2,1H3/t23-/m0/s1. The van der Waals surface area contributed by atoms with Crippen molar-refractivity contribution >= 4 is 5.97 Å². The fourth-order valence-electron chi connectivity index (χ4n) is 3.66. The summed E-state index contributed by atoms with van der Waals surface area (Å²) in [6.45, 7) is 2.96. The van der Waals surface area contributed by atoms with Crippen LogP contribution in [0.3, 0.4) is 0 Å². The van der Waals surface area contributed by atoms with Crippen LogP contribution in [0.2, 0.25) is 0 Å². The molecule has 2 N–H and O–H groups in total. The predicted octanol–water partition coefficient (Wildman–Crippen LogP) is 3.56. The molecule has 0 unspecified atom stereocenters. The number of rotatable bonds is 6. The number of esters is 1. The first kappa shape index (κ1) is 20.7. The molecule has 3 aromatic rings. The zero-order valence-electron chi connectivity index (χ0n) is 16.9. The first-order valence-corrected chi connectivity index (χ1v) is 9.81. The number of fused-ring (bicyclic) bond motifs is 1. The summed E-state index contributed by atoms with van der Waals surface area (Å²) in [5.41, 5.74) is 5.16. The summed E-state index contributed by atoms with van der Waals surface area (Å²) < 4.78 is 18.9. The molecule has 2 heterocycles. The predicted molar refractivity (Wildman–Crippen MR) is 111 cm³/mol. The van der Waals surface area contributed by atoms with Crippen LogP contribution in [0, 0.1) is 24.1 Å². The van der Waals surface area contributed by atoms with E-state index in [1.807, 2.05) is 13.0 Å². The van der Waals surface area contributed by atoms with E-state index < -0.39 is 11.9 Å². The van der Waals surface area contributed by atoms with Crippen LogP contribution in [0.4, 0.5) is 4.39 Å². The van der Waals surface area contributed by atoms with Crippen LogP contribution in [0.5, 0.6) is 0 Å². The Labute approximate surface area is 178 Å². The second-order valence-electron chi connectivity index (χ2n) is 7.39. The number of carbonyl (C=O) groups excluding carboxylic acids is 1. The normalized spacial score (nSPS) is 13.4. The highest BCUT2D eigenvalue weighted by atomic mass is 19.1. The Bertz CT molecular complexity index is 1190. The number of carbonyl (C=O) groups is 1. The molecule has 0 amide bonds. The second-order valence-corrected chi connectivity index (χ2v) is 7.39. The number of cyclic esters (lactones) is 1. The average Bonchev–Trinajstić information content (AvgIpc) is 3.16. The molecule has 2 aromatic carbocycles. The Morgan fingerprint density at radius 1 is 1.29 bits per heavy atom. The van der Waals surface area contributed by atoms with Gasteiger partial charge in [0.15, 0.2) is 0 Å². The van der Waals surface area contributed by atoms with Crippen molar-refractivity contribution in [2.24, 2.45) is 0 Å². The lowest BCUT2D eigenvalue weighted by molar-refractivity contribution is 0.0535. The van der Waals surface area contributed by atoms with Crippen LogP contribution in [-0.4, -0.2) is 22.6 Å². The lowest BCUT2D eigenvalue weighted by Crippen LogP contribution is -2.22. The number of aliphatic hydroxyl groups is 1. The van der Waals surface area contributed by atoms with Crippen LogP contribution in [0.25, 0.3) is 11.3 Å². The Morgan fingerprint density at radius 2 is 2.13 bits per heavy atom. The van der Waals surface area contributed by atoms with Crippen LogP contribution in [0.1, 0.15) is 44.3 Å². The van der Waals surface area contributed by atoms with Crippen molar-refractivity contribution < 1.29 is 19.0 Å². The average molecular weight is 417 g/mol. The number of nitrogens with zero attached hydrogens (tertiary/aromatic N) is 2. The van der Waals surface area contributed by atoms with Crippen molar-refractivity contribution in [3.8, 4) is 17.3 Å². The third-order valence-electron chi connectivity index (χ3n) is 5.44. The second kappa shape index (κ2) is 8.64. The quantitative estimate of drug-likeness (QED) is 0.596. The number of halogens is 1. The summed E-state index contributed by atoms with van der Waals surface area (Å²) in [4.78, 5) is 16.0. The molecule has 0 radical (unpaired) electrons. The minimum absolute atomic E-state index is 0.000797. The molecule has 156 valence electrons. The van der Waals surface area contributed by atoms with Gasteiger partial charge in [-0.15, -0.1) is 0 Å². The van der Waals surface area contributed by atoms with E-state index in [9.17, 15) is 14.3 Å². The Hall–Kier alpha value is -3.60. The molecule has 1 atom stereocenters. The van der Waals surface area contributed by atoms with Gasteiger partial charge in [-0.25, -0.2) is 9.18 Å². The fourth-order valence-corrected chi connectivity index (χ4v) is 3.66. The van der Waals surface area contributed by atoms with Crippen LogP contribution >= 0.6 is 0 Å². The number of nitriles is 1. The van der Waals surface area contributed by atoms with E-state index in [4.69, 9.17) is 10.00 Å². The van der Waals surface area contributed by atoms with Gasteiger partial charge in [-0.2, -0.15) is 5.26 Å². The zero-order valence-corrected chi connectivity index (χ0v) is 16.9. The highest BCUT2D eigenvalue weighted by Crippen LogP contribution is 2.29. The summed E-state index contributed by atoms with van der Waals surface area (Å²) in [6.07, 6.45) is 0.962. The van der Waals surface area contributed by atoms with E-state index in [1.54, 1.807) is 36.5 Å². The third kappa shape index (κ3) is 4.17. The highest BCUT2D eigenvalue weighted by molar-refractivity contribution is 5.93. The van der Waals surface area contributed by atoms with Crippen LogP contribution in [-0.2, 0) is 17.9 Å². The maximum atomic E-state index is 13.8. The Kier molecular flexibility index (Phi) is 5.76. The summed E-state index contributed by atoms with van der Waals surface area (Å²) in [6, 6.07) is 13.3. The van der Waals surface area contributed by atoms with Crippen LogP contribution < -0.4 is 5.32 Å². The number of aliphatic hydroxyl groups excluding tert-OH is 1. The van der Waals surface area contributed by atoms with Gasteiger partial charge < -0.3 is 15.2 Å². The summed E-state index contributed by atoms with van der Waals surface area (Å²) >= 11 is 0. The van der Waals surface area contributed by atoms with Gasteiger partial charge >= 0.3 is 5.97 Å². The van der Waals surface area contributed by atoms with Crippen molar-refractivity contribution in [1.82, 2.24) is 10.3 Å². The van der Waals surface area contributed by atoms with E-state index in [0.717, 1.165) is 22.3 Å². The lowest BCUT2D eigenvalue weighted by Gasteiger charge is -2.16. The van der Waals surface area contributed by atoms with E-state index in [2.05, 4.69) is 10.3 Å². The van der Waals surface area contributed by atoms with Gasteiger partial charge in [0.25, 0.3) is 0 Å². The maximum Gasteiger partial charge on any atom is 0.338 e. The summed E-state index contributed by atoms with van der Waals surface area (Å²) in [5.74, 6) is -0.892. The number of hydrogen-bond acceptors (Lipinski definition) is 6. The molecular formula is C24H20FN3O3. The first-order chi connectivity index (χ1) is 15.0. The topological polar surface area (TPSA) is 95.2 Å². The number of aromatic nitrogens is 1. The molecule has 1 aliphatic heterocycles. The molecule has 1 aromatic heterocycles. The number of pyridine rings is 1. The molecule has 0 bridgehead atoms. The van der Waals surface area contributed by atoms with Gasteiger partial charge in [-0.1, -0.05) is 18.2 Å². The van der Waals surface area contributed by atoms with Gasteiger partial charge in [-0.3, -0.25) is 4.98 Å². The number of ether oxygens (including phenoxy) is 1. The SMILES string of the molecule is Cc1c([C@@H](O)CNCc2ccc(-c3ccc(C#N)c(F)c3)nc2)ccc2c1COC2=O. The monoisotopic (exact) mass is 417 g/mol. The zero-order chi connectivity index (χ0) is 22.0. The van der Waals surface area contributed by atoms with Crippen molar-refractivity contribution in [3.05, 3.63) is 87.9 Å². The molecule has 7 heteroatoms. The molecular weight excluding hydrogens is 397 g/mol. The molecule has 31 heavy (non-hydrogen) atoms. The van der Waals surface area contributed by atoms with Gasteiger partial charge in [0.1, 0.15) is 18.5 Å². The number of hydrogen-bond donors (Lipinski definition) is 2. The van der Waals surface area contributed by atoms with Crippen molar-refractivity contribution in [1.29, 1.82) is 5.26 Å². The van der Waals surface area contributed by atoms with Gasteiger partial charge in [-0.05, 0) is 47.9 Å². The van der Waals surface area contributed by atoms with Gasteiger partial charge in [0.2, 0.25) is 0 Å². The van der Waals surface area contributed by atoms with E-state index >= 15 is 0 Å². The molecule has 0 spiro atoms. The van der Waals surface area contributed by atoms with Gasteiger partial charge in [0.05, 0.1) is 22.9 Å². The molecule has 1 aliphatic rings. The van der Waals surface area contributed by atoms with E-state index in [1.165, 1.54) is 12.1 Å². The Morgan fingerprint density at radius 3 is 2.84 bits per heavy atom. The van der Waals surface area contributed by atoms with Gasteiger partial charge in [0, 0.05) is 30.4 Å². The molecule has 6 nitrogen and oxygen atoms in total. The van der Waals surface area contributed by atoms with E-state index in [-0.39, 0.29) is 18.1 Å². The minimum atomic E-state index is -0.727. The van der Waals surface area contributed by atoms with E-state index in [0.29, 0.717) is 29.9 Å². The Balaban J connectivity index is 1.37. The largest absolute Gasteiger partial charge is 0.457 e. The van der Waals surface area contributed by atoms with Crippen LogP contribution in [0.15, 0.2) is 48.7 Å². The first-order valence-electron chi connectivity index (χ1n) is 9.81. The third-order valence-corrected chi connectivity index (χ3v) is 5.44. The molecule has 0 aliphatic carbocycles. The summed E-state index contributed by atoms with van der Waals surface area (Å²) in [5, 5.41) is 22.6. The smallest absolute Gasteiger partial charge is 0.338 e. The van der Waals surface area contributed by atoms with Crippen molar-refractivity contribution in [3.63, 3.8) is 0 Å². The fraction of sp³-hybridized carbons (Fsp3) is 0.208. The molecule has 0 saturated carbocycles. The maximum absolute atomic E-state index is 13.8. The lowest BCUT2D eigenvalue weighted by atomic mass is 9.95. The molecule has 4 rings (SSSR count). The highest BCUT2D eigenvalue weighted by Gasteiger charge is 2.25. The van der Waals surface area contributed by atoms with Crippen molar-refractivity contribution in [2.45, 2.75) is 26.2 Å².